The fourth-order valence-corrected chi connectivity index (χ4v) is 1.86. The maximum Gasteiger partial charge on any atom is 0.327 e. The molecule has 1 amide bonds. The summed E-state index contributed by atoms with van der Waals surface area (Å²) in [4.78, 5) is 23.1. The minimum atomic E-state index is -0.415. The van der Waals surface area contributed by atoms with Crippen molar-refractivity contribution in [2.45, 2.75) is 25.3 Å². The summed E-state index contributed by atoms with van der Waals surface area (Å²) in [6.07, 6.45) is 5.15. The van der Waals surface area contributed by atoms with Crippen molar-refractivity contribution in [3.05, 3.63) is 29.9 Å². The minimum absolute atomic E-state index is 0.0117. The van der Waals surface area contributed by atoms with E-state index in [2.05, 4.69) is 20.3 Å². The van der Waals surface area contributed by atoms with E-state index in [1.54, 1.807) is 6.07 Å². The van der Waals surface area contributed by atoms with Gasteiger partial charge in [0.05, 0.1) is 19.0 Å². The number of anilines is 1. The van der Waals surface area contributed by atoms with Crippen molar-refractivity contribution < 1.29 is 18.8 Å². The lowest BCUT2D eigenvalue weighted by molar-refractivity contribution is -0.141. The zero-order valence-corrected chi connectivity index (χ0v) is 11.4. The molecule has 0 atom stereocenters. The summed E-state index contributed by atoms with van der Waals surface area (Å²) in [5.41, 5.74) is 0.706. The molecule has 0 spiro atoms. The van der Waals surface area contributed by atoms with Gasteiger partial charge in [0.1, 0.15) is 12.3 Å². The van der Waals surface area contributed by atoms with Crippen LogP contribution < -0.4 is 5.32 Å². The molecule has 8 nitrogen and oxygen atoms in total. The lowest BCUT2D eigenvalue weighted by atomic mass is 10.3. The predicted molar refractivity (Wildman–Crippen MR) is 70.7 cm³/mol. The number of esters is 1. The van der Waals surface area contributed by atoms with E-state index in [0.29, 0.717) is 11.6 Å². The van der Waals surface area contributed by atoms with Crippen LogP contribution in [-0.4, -0.2) is 33.9 Å². The summed E-state index contributed by atoms with van der Waals surface area (Å²) in [5, 5.41) is 10.4. The van der Waals surface area contributed by atoms with Gasteiger partial charge >= 0.3 is 5.97 Å². The molecule has 1 aliphatic rings. The van der Waals surface area contributed by atoms with Crippen LogP contribution in [0.4, 0.5) is 5.69 Å². The zero-order valence-electron chi connectivity index (χ0n) is 11.4. The largest absolute Gasteiger partial charge is 0.468 e. The first-order valence-corrected chi connectivity index (χ1v) is 6.53. The molecule has 2 aromatic heterocycles. The molecule has 110 valence electrons. The Morgan fingerprint density at radius 3 is 3.05 bits per heavy atom. The Hall–Kier alpha value is -2.64. The lowest BCUT2D eigenvalue weighted by Gasteiger charge is -1.99. The number of hydrogen-bond acceptors (Lipinski definition) is 6. The molecule has 0 bridgehead atoms. The average Bonchev–Trinajstić information content (AvgIpc) is 3.04. The van der Waals surface area contributed by atoms with Crippen molar-refractivity contribution >= 4 is 17.6 Å². The molecule has 1 aliphatic carbocycles. The number of methoxy groups -OCH3 is 1. The summed E-state index contributed by atoms with van der Waals surface area (Å²) >= 11 is 0. The highest BCUT2D eigenvalue weighted by Gasteiger charge is 2.28. The van der Waals surface area contributed by atoms with E-state index in [-0.39, 0.29) is 18.1 Å². The number of hydrogen-bond donors (Lipinski definition) is 1. The highest BCUT2D eigenvalue weighted by atomic mass is 16.5. The minimum Gasteiger partial charge on any atom is -0.468 e. The number of carbonyl (C=O) groups excluding carboxylic acids is 2. The topological polar surface area (TPSA) is 99.2 Å². The summed E-state index contributed by atoms with van der Waals surface area (Å²) in [6, 6.07) is 1.66. The van der Waals surface area contributed by atoms with Crippen LogP contribution >= 0.6 is 0 Å². The third kappa shape index (κ3) is 3.10. The number of nitrogens with zero attached hydrogens (tertiary/aromatic N) is 3. The normalized spacial score (nSPS) is 14.0. The van der Waals surface area contributed by atoms with Gasteiger partial charge in [-0.05, 0) is 12.8 Å². The Balaban J connectivity index is 1.62. The summed E-state index contributed by atoms with van der Waals surface area (Å²) in [7, 11) is 1.30. The lowest BCUT2D eigenvalue weighted by Crippen LogP contribution is -2.13. The van der Waals surface area contributed by atoms with Crippen LogP contribution in [0.15, 0.2) is 23.0 Å². The smallest absolute Gasteiger partial charge is 0.327 e. The van der Waals surface area contributed by atoms with Crippen molar-refractivity contribution in [2.24, 2.45) is 0 Å². The van der Waals surface area contributed by atoms with Crippen molar-refractivity contribution in [1.29, 1.82) is 0 Å². The van der Waals surface area contributed by atoms with Gasteiger partial charge < -0.3 is 14.6 Å². The van der Waals surface area contributed by atoms with Crippen molar-refractivity contribution in [1.82, 2.24) is 14.9 Å². The van der Waals surface area contributed by atoms with E-state index in [0.717, 1.165) is 18.6 Å². The molecule has 1 N–H and O–H groups in total. The molecule has 0 saturated heterocycles. The van der Waals surface area contributed by atoms with Crippen LogP contribution in [0.5, 0.6) is 0 Å². The molecule has 8 heteroatoms. The Kier molecular flexibility index (Phi) is 3.43. The number of aromatic nitrogens is 3. The van der Waals surface area contributed by atoms with Gasteiger partial charge in [-0.1, -0.05) is 5.16 Å². The molecular weight excluding hydrogens is 276 g/mol. The second-order valence-corrected chi connectivity index (χ2v) is 4.85. The van der Waals surface area contributed by atoms with Crippen molar-refractivity contribution in [3.63, 3.8) is 0 Å². The van der Waals surface area contributed by atoms with Gasteiger partial charge in [-0.25, -0.2) is 0 Å². The predicted octanol–water partition coefficient (Wildman–Crippen LogP) is 1.17. The Labute approximate surface area is 120 Å². The van der Waals surface area contributed by atoms with E-state index >= 15 is 0 Å². The third-order valence-electron chi connectivity index (χ3n) is 3.15. The van der Waals surface area contributed by atoms with E-state index in [1.807, 2.05) is 0 Å². The monoisotopic (exact) mass is 290 g/mol. The van der Waals surface area contributed by atoms with Gasteiger partial charge in [-0.3, -0.25) is 14.3 Å². The number of nitrogens with one attached hydrogen (secondary N) is 1. The number of amides is 1. The molecule has 3 rings (SSSR count). The Morgan fingerprint density at radius 1 is 1.52 bits per heavy atom. The average molecular weight is 290 g/mol. The molecule has 1 fully saturated rings. The van der Waals surface area contributed by atoms with Gasteiger partial charge in [0, 0.05) is 18.2 Å². The summed E-state index contributed by atoms with van der Waals surface area (Å²) < 4.78 is 11.0. The molecular formula is C13H14N4O4. The number of carbonyl (C=O) groups is 2. The van der Waals surface area contributed by atoms with E-state index in [1.165, 1.54) is 24.2 Å². The van der Waals surface area contributed by atoms with Gasteiger partial charge in [0.25, 0.3) is 5.91 Å². The first kappa shape index (κ1) is 13.3. The van der Waals surface area contributed by atoms with E-state index in [9.17, 15) is 9.59 Å². The first-order chi connectivity index (χ1) is 10.2. The molecule has 0 unspecified atom stereocenters. The van der Waals surface area contributed by atoms with Crippen LogP contribution in [0.25, 0.3) is 0 Å². The van der Waals surface area contributed by atoms with Gasteiger partial charge in [-0.15, -0.1) is 0 Å². The molecule has 2 heterocycles. The molecule has 0 aliphatic heterocycles. The maximum atomic E-state index is 12.0. The van der Waals surface area contributed by atoms with E-state index in [4.69, 9.17) is 4.52 Å². The van der Waals surface area contributed by atoms with E-state index < -0.39 is 5.97 Å². The zero-order chi connectivity index (χ0) is 14.8. The highest BCUT2D eigenvalue weighted by Crippen LogP contribution is 2.40. The van der Waals surface area contributed by atoms with Gasteiger partial charge in [0.15, 0.2) is 5.69 Å². The molecule has 2 aromatic rings. The fourth-order valence-electron chi connectivity index (χ4n) is 1.86. The maximum absolute atomic E-state index is 12.0. The quantitative estimate of drug-likeness (QED) is 0.830. The molecule has 0 radical (unpaired) electrons. The third-order valence-corrected chi connectivity index (χ3v) is 3.15. The summed E-state index contributed by atoms with van der Waals surface area (Å²) in [6.45, 7) is -0.0117. The SMILES string of the molecule is COC(=O)Cn1cc(NC(=O)c2cc(C3CC3)on2)cn1. The summed E-state index contributed by atoms with van der Waals surface area (Å²) in [5.74, 6) is 0.369. The Bertz CT molecular complexity index is 671. The van der Waals surface area contributed by atoms with Crippen LogP contribution in [0.2, 0.25) is 0 Å². The van der Waals surface area contributed by atoms with Crippen LogP contribution in [-0.2, 0) is 16.1 Å². The second kappa shape index (κ2) is 5.39. The number of rotatable bonds is 5. The number of ether oxygens (including phenoxy) is 1. The second-order valence-electron chi connectivity index (χ2n) is 4.85. The molecule has 21 heavy (non-hydrogen) atoms. The van der Waals surface area contributed by atoms with Crippen LogP contribution in [0.1, 0.15) is 35.0 Å². The first-order valence-electron chi connectivity index (χ1n) is 6.53. The van der Waals surface area contributed by atoms with Crippen LogP contribution in [0.3, 0.4) is 0 Å². The highest BCUT2D eigenvalue weighted by molar-refractivity contribution is 6.02. The standard InChI is InChI=1S/C13H14N4O4/c1-20-12(18)7-17-6-9(5-14-17)15-13(19)10-4-11(21-16-10)8-2-3-8/h4-6,8H,2-3,7H2,1H3,(H,15,19). The van der Waals surface area contributed by atoms with Crippen LogP contribution in [0, 0.1) is 0 Å². The Morgan fingerprint density at radius 2 is 2.33 bits per heavy atom. The van der Waals surface area contributed by atoms with Gasteiger partial charge in [-0.2, -0.15) is 5.10 Å². The molecule has 1 saturated carbocycles. The molecule has 0 aromatic carbocycles. The van der Waals surface area contributed by atoms with Crippen molar-refractivity contribution in [3.8, 4) is 0 Å². The van der Waals surface area contributed by atoms with Gasteiger partial charge in [0.2, 0.25) is 0 Å². The fraction of sp³-hybridized carbons (Fsp3) is 0.385. The van der Waals surface area contributed by atoms with Crippen molar-refractivity contribution in [2.75, 3.05) is 12.4 Å².